The Morgan fingerprint density at radius 1 is 1.28 bits per heavy atom. The smallest absolute Gasteiger partial charge is 0.234 e. The quantitative estimate of drug-likeness (QED) is 0.606. The molecular weight excluding hydrogens is 352 g/mol. The minimum atomic E-state index is -0.0631. The zero-order chi connectivity index (χ0) is 17.6. The number of H-pyrrole nitrogens is 1. The highest BCUT2D eigenvalue weighted by atomic mass is 32.2. The van der Waals surface area contributed by atoms with Crippen LogP contribution in [0.5, 0.6) is 0 Å². The Balaban J connectivity index is 1.48. The maximum atomic E-state index is 12.1. The fourth-order valence-corrected chi connectivity index (χ4v) is 3.60. The second-order valence-corrected chi connectivity index (χ2v) is 7.91. The van der Waals surface area contributed by atoms with Crippen molar-refractivity contribution >= 4 is 34.7 Å². The number of benzene rings is 1. The predicted octanol–water partition coefficient (Wildman–Crippen LogP) is 4.31. The molecule has 0 saturated heterocycles. The number of aromatic nitrogens is 3. The molecule has 7 heteroatoms. The minimum absolute atomic E-state index is 0.0631. The van der Waals surface area contributed by atoms with E-state index in [-0.39, 0.29) is 11.7 Å². The second-order valence-electron chi connectivity index (χ2n) is 5.93. The Kier molecular flexibility index (Phi) is 5.88. The number of thioether (sulfide) groups is 1. The predicted molar refractivity (Wildman–Crippen MR) is 103 cm³/mol. The van der Waals surface area contributed by atoms with Crippen molar-refractivity contribution < 1.29 is 4.79 Å². The number of thiophene rings is 1. The highest BCUT2D eigenvalue weighted by molar-refractivity contribution is 7.99. The van der Waals surface area contributed by atoms with E-state index in [9.17, 15) is 4.79 Å². The molecule has 0 saturated carbocycles. The van der Waals surface area contributed by atoms with Crippen molar-refractivity contribution in [2.75, 3.05) is 11.1 Å². The van der Waals surface area contributed by atoms with Gasteiger partial charge in [0, 0.05) is 17.0 Å². The molecule has 1 amide bonds. The van der Waals surface area contributed by atoms with E-state index in [0.717, 1.165) is 17.9 Å². The molecular formula is C18H20N4OS2. The summed E-state index contributed by atoms with van der Waals surface area (Å²) in [7, 11) is 0. The van der Waals surface area contributed by atoms with Gasteiger partial charge in [0.15, 0.2) is 0 Å². The molecule has 0 fully saturated rings. The topological polar surface area (TPSA) is 70.7 Å². The van der Waals surface area contributed by atoms with Gasteiger partial charge < -0.3 is 5.32 Å². The van der Waals surface area contributed by atoms with Crippen molar-refractivity contribution in [3.05, 3.63) is 58.0 Å². The molecule has 3 aromatic rings. The Bertz CT molecular complexity index is 810. The van der Waals surface area contributed by atoms with Crippen molar-refractivity contribution in [1.82, 2.24) is 15.2 Å². The third kappa shape index (κ3) is 5.17. The number of nitrogens with one attached hydrogen (secondary N) is 2. The van der Waals surface area contributed by atoms with Gasteiger partial charge in [0.25, 0.3) is 0 Å². The molecule has 5 nitrogen and oxygen atoms in total. The van der Waals surface area contributed by atoms with Crippen molar-refractivity contribution in [2.24, 2.45) is 0 Å². The number of carbonyl (C=O) groups is 1. The van der Waals surface area contributed by atoms with Crippen LogP contribution in [0.2, 0.25) is 0 Å². The normalized spacial score (nSPS) is 11.0. The summed E-state index contributed by atoms with van der Waals surface area (Å²) in [6.45, 7) is 4.29. The van der Waals surface area contributed by atoms with Crippen LogP contribution in [0.3, 0.4) is 0 Å². The standard InChI is InChI=1S/C18H20N4OS2/c1-12(2)13-5-7-14(8-6-13)19-17(23)11-25-18-20-16(21-22-18)10-15-4-3-9-24-15/h3-9,12H,10-11H2,1-2H3,(H,19,23)(H,20,21,22). The molecule has 0 aliphatic rings. The van der Waals surface area contributed by atoms with Gasteiger partial charge in [0.05, 0.1) is 5.75 Å². The molecule has 3 rings (SSSR count). The molecule has 0 atom stereocenters. The lowest BCUT2D eigenvalue weighted by Gasteiger charge is -2.08. The fraction of sp³-hybridized carbons (Fsp3) is 0.278. The van der Waals surface area contributed by atoms with Crippen LogP contribution in [0.4, 0.5) is 5.69 Å². The SMILES string of the molecule is CC(C)c1ccc(NC(=O)CSc2n[nH]c(Cc3cccs3)n2)cc1. The van der Waals surface area contributed by atoms with Crippen molar-refractivity contribution in [3.63, 3.8) is 0 Å². The Labute approximate surface area is 155 Å². The summed E-state index contributed by atoms with van der Waals surface area (Å²) in [5.41, 5.74) is 2.06. The number of hydrogen-bond donors (Lipinski definition) is 2. The Hall–Kier alpha value is -2.12. The maximum Gasteiger partial charge on any atom is 0.234 e. The molecule has 0 aliphatic carbocycles. The molecule has 2 heterocycles. The van der Waals surface area contributed by atoms with Crippen LogP contribution in [0.25, 0.3) is 0 Å². The molecule has 2 aromatic heterocycles. The first-order chi connectivity index (χ1) is 12.1. The van der Waals surface area contributed by atoms with Crippen LogP contribution < -0.4 is 5.32 Å². The minimum Gasteiger partial charge on any atom is -0.325 e. The number of anilines is 1. The first-order valence-corrected chi connectivity index (χ1v) is 9.93. The summed E-state index contributed by atoms with van der Waals surface area (Å²) in [6.07, 6.45) is 0.736. The number of nitrogens with zero attached hydrogens (tertiary/aromatic N) is 2. The second kappa shape index (κ2) is 8.31. The third-order valence-corrected chi connectivity index (χ3v) is 5.35. The summed E-state index contributed by atoms with van der Waals surface area (Å²) in [5.74, 6) is 1.51. The van der Waals surface area contributed by atoms with E-state index in [1.54, 1.807) is 11.3 Å². The van der Waals surface area contributed by atoms with Crippen LogP contribution in [0.15, 0.2) is 46.9 Å². The van der Waals surface area contributed by atoms with Gasteiger partial charge in [0.2, 0.25) is 11.1 Å². The van der Waals surface area contributed by atoms with Gasteiger partial charge in [-0.25, -0.2) is 4.98 Å². The highest BCUT2D eigenvalue weighted by Gasteiger charge is 2.09. The summed E-state index contributed by atoms with van der Waals surface area (Å²) in [4.78, 5) is 17.7. The van der Waals surface area contributed by atoms with Crippen molar-refractivity contribution in [3.8, 4) is 0 Å². The summed E-state index contributed by atoms with van der Waals surface area (Å²) < 4.78 is 0. The van der Waals surface area contributed by atoms with Gasteiger partial charge >= 0.3 is 0 Å². The molecule has 130 valence electrons. The number of carbonyl (C=O) groups excluding carboxylic acids is 1. The zero-order valence-corrected chi connectivity index (χ0v) is 15.8. The lowest BCUT2D eigenvalue weighted by molar-refractivity contribution is -0.113. The lowest BCUT2D eigenvalue weighted by atomic mass is 10.0. The molecule has 1 aromatic carbocycles. The number of aromatic amines is 1. The van der Waals surface area contributed by atoms with Crippen molar-refractivity contribution in [2.45, 2.75) is 31.3 Å². The average molecular weight is 373 g/mol. The molecule has 2 N–H and O–H groups in total. The maximum absolute atomic E-state index is 12.1. The molecule has 25 heavy (non-hydrogen) atoms. The van der Waals surface area contributed by atoms with E-state index in [4.69, 9.17) is 0 Å². The summed E-state index contributed by atoms with van der Waals surface area (Å²) >= 11 is 3.02. The fourth-order valence-electron chi connectivity index (χ4n) is 2.28. The van der Waals surface area contributed by atoms with Gasteiger partial charge in [-0.05, 0) is 35.1 Å². The number of rotatable bonds is 7. The number of amides is 1. The lowest BCUT2D eigenvalue weighted by Crippen LogP contribution is -2.14. The van der Waals surface area contributed by atoms with E-state index in [0.29, 0.717) is 11.1 Å². The zero-order valence-electron chi connectivity index (χ0n) is 14.2. The molecule has 0 bridgehead atoms. The molecule has 0 spiro atoms. The van der Waals surface area contributed by atoms with Gasteiger partial charge in [-0.15, -0.1) is 16.4 Å². The monoisotopic (exact) mass is 372 g/mol. The first kappa shape index (κ1) is 17.7. The third-order valence-electron chi connectivity index (χ3n) is 3.63. The van der Waals surface area contributed by atoms with E-state index >= 15 is 0 Å². The summed E-state index contributed by atoms with van der Waals surface area (Å²) in [6, 6.07) is 12.0. The van der Waals surface area contributed by atoms with Crippen molar-refractivity contribution in [1.29, 1.82) is 0 Å². The first-order valence-electron chi connectivity index (χ1n) is 8.06. The van der Waals surface area contributed by atoms with Gasteiger partial charge in [-0.2, -0.15) is 0 Å². The van der Waals surface area contributed by atoms with Crippen LogP contribution in [-0.2, 0) is 11.2 Å². The highest BCUT2D eigenvalue weighted by Crippen LogP contribution is 2.19. The van der Waals surface area contributed by atoms with Crippen LogP contribution in [0, 0.1) is 0 Å². The number of hydrogen-bond acceptors (Lipinski definition) is 5. The van der Waals surface area contributed by atoms with E-state index < -0.39 is 0 Å². The summed E-state index contributed by atoms with van der Waals surface area (Å²) in [5, 5.41) is 12.6. The van der Waals surface area contributed by atoms with Gasteiger partial charge in [-0.3, -0.25) is 9.89 Å². The van der Waals surface area contributed by atoms with E-state index in [1.165, 1.54) is 22.2 Å². The van der Waals surface area contributed by atoms with E-state index in [1.807, 2.05) is 35.7 Å². The Morgan fingerprint density at radius 3 is 2.76 bits per heavy atom. The van der Waals surface area contributed by atoms with Crippen LogP contribution in [0.1, 0.15) is 36.0 Å². The molecule has 0 unspecified atom stereocenters. The average Bonchev–Trinajstić information content (AvgIpc) is 3.26. The molecule has 0 radical (unpaired) electrons. The Morgan fingerprint density at radius 2 is 2.08 bits per heavy atom. The van der Waals surface area contributed by atoms with Gasteiger partial charge in [-0.1, -0.05) is 43.8 Å². The largest absolute Gasteiger partial charge is 0.325 e. The van der Waals surface area contributed by atoms with Gasteiger partial charge in [0.1, 0.15) is 5.82 Å². The van der Waals surface area contributed by atoms with Crippen LogP contribution in [-0.4, -0.2) is 26.8 Å². The van der Waals surface area contributed by atoms with E-state index in [2.05, 4.69) is 40.4 Å². The van der Waals surface area contributed by atoms with Crippen LogP contribution >= 0.6 is 23.1 Å². The molecule has 0 aliphatic heterocycles.